The standard InChI is InChI=1S/C9H8ClNO4S/c1-14-9(13)15-7-4-11(7)8(12)5-2-3-6(10)16-5/h2-3,7H,4H2,1H3. The number of carbonyl (C=O) groups is 2. The van der Waals surface area contributed by atoms with Crippen molar-refractivity contribution in [1.29, 1.82) is 0 Å². The molecule has 1 amide bonds. The van der Waals surface area contributed by atoms with Crippen molar-refractivity contribution < 1.29 is 19.1 Å². The molecule has 1 aliphatic rings. The van der Waals surface area contributed by atoms with Gasteiger partial charge in [-0.2, -0.15) is 0 Å². The van der Waals surface area contributed by atoms with Crippen LogP contribution in [0.15, 0.2) is 12.1 Å². The lowest BCUT2D eigenvalue weighted by Crippen LogP contribution is -2.16. The van der Waals surface area contributed by atoms with Crippen LogP contribution in [0.4, 0.5) is 4.79 Å². The number of amides is 1. The molecule has 86 valence electrons. The fraction of sp³-hybridized carbons (Fsp3) is 0.333. The van der Waals surface area contributed by atoms with Crippen LogP contribution < -0.4 is 0 Å². The molecule has 1 aliphatic heterocycles. The number of hydrogen-bond donors (Lipinski definition) is 0. The molecular weight excluding hydrogens is 254 g/mol. The summed E-state index contributed by atoms with van der Waals surface area (Å²) in [5.41, 5.74) is 0. The van der Waals surface area contributed by atoms with Crippen LogP contribution in [0.3, 0.4) is 0 Å². The summed E-state index contributed by atoms with van der Waals surface area (Å²) in [6, 6.07) is 3.29. The van der Waals surface area contributed by atoms with Gasteiger partial charge >= 0.3 is 6.16 Å². The normalized spacial score (nSPS) is 18.1. The third-order valence-corrected chi connectivity index (χ3v) is 3.23. The van der Waals surface area contributed by atoms with Gasteiger partial charge in [-0.3, -0.25) is 9.69 Å². The molecule has 0 bridgehead atoms. The largest absolute Gasteiger partial charge is 0.509 e. The smallest absolute Gasteiger partial charge is 0.438 e. The Labute approximate surface area is 101 Å². The lowest BCUT2D eigenvalue weighted by Gasteiger charge is -2.02. The Bertz CT molecular complexity index is 433. The second kappa shape index (κ2) is 4.31. The molecule has 1 aromatic rings. The highest BCUT2D eigenvalue weighted by Crippen LogP contribution is 2.28. The van der Waals surface area contributed by atoms with Gasteiger partial charge in [-0.15, -0.1) is 11.3 Å². The lowest BCUT2D eigenvalue weighted by molar-refractivity contribution is 0.0485. The molecule has 1 fully saturated rings. The number of rotatable bonds is 2. The first-order valence-electron chi connectivity index (χ1n) is 4.42. The number of carbonyl (C=O) groups excluding carboxylic acids is 2. The number of thiophene rings is 1. The zero-order valence-corrected chi connectivity index (χ0v) is 9.88. The molecule has 2 rings (SSSR count). The maximum Gasteiger partial charge on any atom is 0.509 e. The van der Waals surface area contributed by atoms with Crippen LogP contribution >= 0.6 is 22.9 Å². The SMILES string of the molecule is COC(=O)OC1CN1C(=O)c1ccc(Cl)s1. The van der Waals surface area contributed by atoms with Gasteiger partial charge in [0, 0.05) is 0 Å². The second-order valence-corrected chi connectivity index (χ2v) is 4.80. The average Bonchev–Trinajstić information content (AvgIpc) is 2.89. The van der Waals surface area contributed by atoms with Crippen LogP contribution in [0.5, 0.6) is 0 Å². The topological polar surface area (TPSA) is 55.6 Å². The van der Waals surface area contributed by atoms with E-state index in [9.17, 15) is 9.59 Å². The monoisotopic (exact) mass is 261 g/mol. The summed E-state index contributed by atoms with van der Waals surface area (Å²) in [5.74, 6) is -0.189. The average molecular weight is 262 g/mol. The lowest BCUT2D eigenvalue weighted by atomic mass is 10.4. The summed E-state index contributed by atoms with van der Waals surface area (Å²) < 4.78 is 9.66. The first-order chi connectivity index (χ1) is 7.61. The van der Waals surface area contributed by atoms with E-state index in [0.717, 1.165) is 0 Å². The molecule has 2 heterocycles. The maximum atomic E-state index is 11.7. The minimum atomic E-state index is -0.787. The third kappa shape index (κ3) is 2.28. The maximum absolute atomic E-state index is 11.7. The number of ether oxygens (including phenoxy) is 2. The minimum Gasteiger partial charge on any atom is -0.438 e. The summed E-state index contributed by atoms with van der Waals surface area (Å²) in [6.45, 7) is 0.392. The van der Waals surface area contributed by atoms with E-state index in [2.05, 4.69) is 4.74 Å². The first kappa shape index (κ1) is 11.2. The van der Waals surface area contributed by atoms with Gasteiger partial charge in [0.1, 0.15) is 0 Å². The predicted molar refractivity (Wildman–Crippen MR) is 57.6 cm³/mol. The molecule has 0 saturated carbocycles. The summed E-state index contributed by atoms with van der Waals surface area (Å²) in [6.07, 6.45) is -1.30. The molecule has 5 nitrogen and oxygen atoms in total. The Hall–Kier alpha value is -1.27. The number of methoxy groups -OCH3 is 1. The third-order valence-electron chi connectivity index (χ3n) is 2.01. The zero-order chi connectivity index (χ0) is 11.7. The number of nitrogens with zero attached hydrogens (tertiary/aromatic N) is 1. The van der Waals surface area contributed by atoms with Crippen LogP contribution in [0.1, 0.15) is 9.67 Å². The van der Waals surface area contributed by atoms with Crippen molar-refractivity contribution in [3.05, 3.63) is 21.3 Å². The summed E-state index contributed by atoms with van der Waals surface area (Å²) >= 11 is 6.91. The molecule has 7 heteroatoms. The molecule has 0 spiro atoms. The van der Waals surface area contributed by atoms with Gasteiger partial charge in [-0.1, -0.05) is 11.6 Å². The second-order valence-electron chi connectivity index (χ2n) is 3.09. The van der Waals surface area contributed by atoms with Crippen molar-refractivity contribution in [1.82, 2.24) is 4.90 Å². The highest BCUT2D eigenvalue weighted by Gasteiger charge is 2.43. The number of halogens is 1. The van der Waals surface area contributed by atoms with Gasteiger partial charge in [0.25, 0.3) is 5.91 Å². The van der Waals surface area contributed by atoms with E-state index in [0.29, 0.717) is 15.8 Å². The fourth-order valence-corrected chi connectivity index (χ4v) is 2.16. The summed E-state index contributed by atoms with van der Waals surface area (Å²) in [7, 11) is 1.22. The number of hydrogen-bond acceptors (Lipinski definition) is 5. The van der Waals surface area contributed by atoms with Crippen LogP contribution in [0, 0.1) is 0 Å². The highest BCUT2D eigenvalue weighted by molar-refractivity contribution is 7.18. The Morgan fingerprint density at radius 1 is 1.56 bits per heavy atom. The van der Waals surface area contributed by atoms with E-state index in [4.69, 9.17) is 16.3 Å². The van der Waals surface area contributed by atoms with Crippen molar-refractivity contribution >= 4 is 35.0 Å². The molecule has 1 unspecified atom stereocenters. The summed E-state index contributed by atoms with van der Waals surface area (Å²) in [4.78, 5) is 24.5. The summed E-state index contributed by atoms with van der Waals surface area (Å²) in [5, 5.41) is 0. The van der Waals surface area contributed by atoms with Gasteiger partial charge in [0.15, 0.2) is 6.23 Å². The van der Waals surface area contributed by atoms with E-state index in [1.807, 2.05) is 0 Å². The van der Waals surface area contributed by atoms with Crippen molar-refractivity contribution in [3.8, 4) is 0 Å². The van der Waals surface area contributed by atoms with E-state index in [1.165, 1.54) is 23.3 Å². The molecule has 0 N–H and O–H groups in total. The van der Waals surface area contributed by atoms with E-state index < -0.39 is 12.4 Å². The van der Waals surface area contributed by atoms with Gasteiger partial charge in [0.05, 0.1) is 22.9 Å². The minimum absolute atomic E-state index is 0.189. The van der Waals surface area contributed by atoms with Gasteiger partial charge in [-0.05, 0) is 12.1 Å². The molecule has 16 heavy (non-hydrogen) atoms. The van der Waals surface area contributed by atoms with Gasteiger partial charge in [-0.25, -0.2) is 4.79 Å². The van der Waals surface area contributed by atoms with Crippen LogP contribution in [0.25, 0.3) is 0 Å². The Balaban J connectivity index is 1.92. The highest BCUT2D eigenvalue weighted by atomic mass is 35.5. The van der Waals surface area contributed by atoms with Crippen molar-refractivity contribution in [2.45, 2.75) is 6.23 Å². The Kier molecular flexibility index (Phi) is 3.02. The molecule has 0 aliphatic carbocycles. The van der Waals surface area contributed by atoms with Crippen molar-refractivity contribution in [3.63, 3.8) is 0 Å². The van der Waals surface area contributed by atoms with E-state index >= 15 is 0 Å². The fourth-order valence-electron chi connectivity index (χ4n) is 1.17. The van der Waals surface area contributed by atoms with Crippen molar-refractivity contribution in [2.24, 2.45) is 0 Å². The van der Waals surface area contributed by atoms with Gasteiger partial charge < -0.3 is 9.47 Å². The Morgan fingerprint density at radius 2 is 2.31 bits per heavy atom. The molecule has 1 aromatic heterocycles. The van der Waals surface area contributed by atoms with Gasteiger partial charge in [0.2, 0.25) is 0 Å². The first-order valence-corrected chi connectivity index (χ1v) is 5.62. The van der Waals surface area contributed by atoms with Crippen LogP contribution in [-0.2, 0) is 9.47 Å². The molecular formula is C9H8ClNO4S. The molecule has 1 saturated heterocycles. The Morgan fingerprint density at radius 3 is 2.88 bits per heavy atom. The quantitative estimate of drug-likeness (QED) is 0.603. The predicted octanol–water partition coefficient (Wildman–Crippen LogP) is 1.97. The van der Waals surface area contributed by atoms with E-state index in [-0.39, 0.29) is 5.91 Å². The zero-order valence-electron chi connectivity index (χ0n) is 8.31. The molecule has 0 radical (unpaired) electrons. The molecule has 0 aromatic carbocycles. The molecule has 1 atom stereocenters. The van der Waals surface area contributed by atoms with Crippen LogP contribution in [0.2, 0.25) is 4.34 Å². The van der Waals surface area contributed by atoms with E-state index in [1.54, 1.807) is 12.1 Å². The van der Waals surface area contributed by atoms with Crippen LogP contribution in [-0.4, -0.2) is 36.8 Å². The van der Waals surface area contributed by atoms with Crippen molar-refractivity contribution in [2.75, 3.05) is 13.7 Å².